The summed E-state index contributed by atoms with van der Waals surface area (Å²) in [7, 11) is 0. The maximum Gasteiger partial charge on any atom is 0.336 e. The zero-order chi connectivity index (χ0) is 21.8. The van der Waals surface area contributed by atoms with E-state index in [4.69, 9.17) is 9.84 Å². The number of carbonyl (C=O) groups is 2. The number of aliphatic hydroxyl groups excluding tert-OH is 4. The molecule has 0 bridgehead atoms. The van der Waals surface area contributed by atoms with Gasteiger partial charge in [-0.25, -0.2) is 9.59 Å². The van der Waals surface area contributed by atoms with Crippen LogP contribution in [0.4, 0.5) is 0 Å². The van der Waals surface area contributed by atoms with Crippen LogP contribution in [0.1, 0.15) is 13.3 Å². The summed E-state index contributed by atoms with van der Waals surface area (Å²) in [5.41, 5.74) is -1.38. The van der Waals surface area contributed by atoms with Gasteiger partial charge in [-0.15, -0.1) is 6.58 Å². The third-order valence-corrected chi connectivity index (χ3v) is 5.34. The number of carboxylic acid groups (broad SMARTS) is 1. The van der Waals surface area contributed by atoms with Crippen molar-refractivity contribution in [1.29, 1.82) is 0 Å². The highest BCUT2D eigenvalue weighted by atomic mass is 16.5. The summed E-state index contributed by atoms with van der Waals surface area (Å²) in [6.07, 6.45) is -2.45. The molecule has 8 heteroatoms. The Labute approximate surface area is 163 Å². The van der Waals surface area contributed by atoms with E-state index < -0.39 is 66.3 Å². The second-order valence-corrected chi connectivity index (χ2v) is 7.22. The van der Waals surface area contributed by atoms with Crippen LogP contribution in [-0.2, 0) is 14.3 Å². The predicted molar refractivity (Wildman–Crippen MR) is 101 cm³/mol. The Hall–Kier alpha value is -2.26. The molecular formula is C20H28O8. The van der Waals surface area contributed by atoms with Gasteiger partial charge in [-0.1, -0.05) is 32.7 Å². The lowest BCUT2D eigenvalue weighted by Gasteiger charge is -2.50. The van der Waals surface area contributed by atoms with E-state index in [2.05, 4.69) is 26.3 Å². The van der Waals surface area contributed by atoms with E-state index in [9.17, 15) is 30.0 Å². The first kappa shape index (κ1) is 23.8. The highest BCUT2D eigenvalue weighted by Crippen LogP contribution is 2.50. The topological polar surface area (TPSA) is 145 Å². The number of aliphatic hydroxyl groups is 4. The van der Waals surface area contributed by atoms with Gasteiger partial charge in [0.2, 0.25) is 0 Å². The molecule has 0 radical (unpaired) electrons. The van der Waals surface area contributed by atoms with Crippen molar-refractivity contribution in [3.05, 3.63) is 49.1 Å². The van der Waals surface area contributed by atoms with E-state index in [-0.39, 0.29) is 17.6 Å². The molecule has 1 aliphatic carbocycles. The number of ether oxygens (including phenoxy) is 1. The first-order valence-electron chi connectivity index (χ1n) is 8.66. The molecule has 0 heterocycles. The van der Waals surface area contributed by atoms with E-state index in [1.165, 1.54) is 6.08 Å². The molecule has 0 unspecified atom stereocenters. The van der Waals surface area contributed by atoms with Crippen LogP contribution in [-0.4, -0.2) is 69.0 Å². The average molecular weight is 396 g/mol. The van der Waals surface area contributed by atoms with Gasteiger partial charge in [-0.3, -0.25) is 0 Å². The molecule has 1 saturated carbocycles. The Morgan fingerprint density at radius 1 is 1.29 bits per heavy atom. The fourth-order valence-corrected chi connectivity index (χ4v) is 3.67. The van der Waals surface area contributed by atoms with Gasteiger partial charge in [0.15, 0.2) is 0 Å². The zero-order valence-electron chi connectivity index (χ0n) is 15.9. The van der Waals surface area contributed by atoms with Crippen LogP contribution in [0, 0.1) is 17.3 Å². The minimum absolute atomic E-state index is 0.0580. The monoisotopic (exact) mass is 396 g/mol. The third kappa shape index (κ3) is 4.59. The zero-order valence-corrected chi connectivity index (χ0v) is 15.9. The van der Waals surface area contributed by atoms with E-state index >= 15 is 0 Å². The minimum Gasteiger partial charge on any atom is -0.478 e. The lowest BCUT2D eigenvalue weighted by Crippen LogP contribution is -2.54. The lowest BCUT2D eigenvalue weighted by molar-refractivity contribution is -0.162. The van der Waals surface area contributed by atoms with Crippen molar-refractivity contribution in [3.63, 3.8) is 0 Å². The maximum atomic E-state index is 12.3. The molecule has 1 fully saturated rings. The second kappa shape index (κ2) is 9.29. The van der Waals surface area contributed by atoms with Gasteiger partial charge in [-0.2, -0.15) is 0 Å². The molecule has 0 amide bonds. The van der Waals surface area contributed by atoms with E-state index in [1.54, 1.807) is 6.92 Å². The molecule has 1 rings (SSSR count). The van der Waals surface area contributed by atoms with Gasteiger partial charge in [-0.05, 0) is 17.4 Å². The summed E-state index contributed by atoms with van der Waals surface area (Å²) in [5.74, 6) is -4.36. The molecule has 0 saturated heterocycles. The SMILES string of the molecule is C=C[C@]1(C)C[C@H](OC(=O)C(=C)[C@H](O)CO)[C@H](C(=C)C(=O)O)[C@H](O)[C@@H]1C(=C)CO. The van der Waals surface area contributed by atoms with Crippen LogP contribution < -0.4 is 0 Å². The quantitative estimate of drug-likeness (QED) is 0.211. The average Bonchev–Trinajstić information content (AvgIpc) is 2.65. The molecule has 0 aromatic carbocycles. The van der Waals surface area contributed by atoms with Crippen LogP contribution >= 0.6 is 0 Å². The molecule has 8 nitrogen and oxygen atoms in total. The number of esters is 1. The summed E-state index contributed by atoms with van der Waals surface area (Å²) in [4.78, 5) is 23.8. The Morgan fingerprint density at radius 3 is 2.29 bits per heavy atom. The van der Waals surface area contributed by atoms with Crippen LogP contribution in [0.2, 0.25) is 0 Å². The van der Waals surface area contributed by atoms with Crippen LogP contribution in [0.5, 0.6) is 0 Å². The summed E-state index contributed by atoms with van der Waals surface area (Å²) in [5, 5.41) is 48.4. The normalized spacial score (nSPS) is 30.8. The number of aliphatic carboxylic acids is 1. The van der Waals surface area contributed by atoms with Crippen molar-refractivity contribution in [3.8, 4) is 0 Å². The van der Waals surface area contributed by atoms with Crippen molar-refractivity contribution >= 4 is 11.9 Å². The van der Waals surface area contributed by atoms with Gasteiger partial charge < -0.3 is 30.3 Å². The number of carbonyl (C=O) groups excluding carboxylic acids is 1. The largest absolute Gasteiger partial charge is 0.478 e. The first-order chi connectivity index (χ1) is 12.9. The van der Waals surface area contributed by atoms with Gasteiger partial charge >= 0.3 is 11.9 Å². The molecular weight excluding hydrogens is 368 g/mol. The summed E-state index contributed by atoms with van der Waals surface area (Å²) in [6.45, 7) is 14.9. The van der Waals surface area contributed by atoms with Gasteiger partial charge in [0, 0.05) is 11.5 Å². The summed E-state index contributed by atoms with van der Waals surface area (Å²) >= 11 is 0. The number of carboxylic acids is 1. The number of hydrogen-bond acceptors (Lipinski definition) is 7. The molecule has 156 valence electrons. The number of allylic oxidation sites excluding steroid dienone is 1. The van der Waals surface area contributed by atoms with Gasteiger partial charge in [0.1, 0.15) is 12.2 Å². The summed E-state index contributed by atoms with van der Waals surface area (Å²) < 4.78 is 5.36. The van der Waals surface area contributed by atoms with Gasteiger partial charge in [0.05, 0.1) is 30.8 Å². The standard InChI is InChI=1S/C20H28O8/c1-6-20(5)7-14(28-19(27)11(3)13(23)9-22)15(12(4)18(25)26)17(24)16(20)10(2)8-21/h6,13-17,21-24H,1-4,7-9H2,5H3,(H,25,26)/t13-,14+,15+,16+,17+,20-/m1/s1. The smallest absolute Gasteiger partial charge is 0.336 e. The highest BCUT2D eigenvalue weighted by Gasteiger charge is 2.53. The fourth-order valence-electron chi connectivity index (χ4n) is 3.67. The van der Waals surface area contributed by atoms with Crippen molar-refractivity contribution in [2.24, 2.45) is 17.3 Å². The molecule has 28 heavy (non-hydrogen) atoms. The van der Waals surface area contributed by atoms with E-state index in [1.807, 2.05) is 0 Å². The van der Waals surface area contributed by atoms with Crippen molar-refractivity contribution in [1.82, 2.24) is 0 Å². The Bertz CT molecular complexity index is 682. The number of hydrogen-bond donors (Lipinski definition) is 5. The minimum atomic E-state index is -1.53. The summed E-state index contributed by atoms with van der Waals surface area (Å²) in [6, 6.07) is 0. The molecule has 6 atom stereocenters. The molecule has 0 aromatic heterocycles. The first-order valence-corrected chi connectivity index (χ1v) is 8.66. The molecule has 0 aromatic rings. The van der Waals surface area contributed by atoms with Crippen molar-refractivity contribution < 1.29 is 39.9 Å². The van der Waals surface area contributed by atoms with E-state index in [0.29, 0.717) is 0 Å². The Kier molecular flexibility index (Phi) is 7.89. The highest BCUT2D eigenvalue weighted by molar-refractivity contribution is 5.89. The maximum absolute atomic E-state index is 12.3. The van der Waals surface area contributed by atoms with Gasteiger partial charge in [0.25, 0.3) is 0 Å². The van der Waals surface area contributed by atoms with E-state index in [0.717, 1.165) is 0 Å². The van der Waals surface area contributed by atoms with Crippen molar-refractivity contribution in [2.75, 3.05) is 13.2 Å². The van der Waals surface area contributed by atoms with Crippen LogP contribution in [0.3, 0.4) is 0 Å². The lowest BCUT2D eigenvalue weighted by atomic mass is 9.58. The Morgan fingerprint density at radius 2 is 1.86 bits per heavy atom. The molecule has 1 aliphatic rings. The van der Waals surface area contributed by atoms with Crippen LogP contribution in [0.15, 0.2) is 49.1 Å². The number of rotatable bonds is 9. The Balaban J connectivity index is 3.35. The molecule has 0 spiro atoms. The van der Waals surface area contributed by atoms with Crippen LogP contribution in [0.25, 0.3) is 0 Å². The third-order valence-electron chi connectivity index (χ3n) is 5.34. The second-order valence-electron chi connectivity index (χ2n) is 7.22. The predicted octanol–water partition coefficient (Wildman–Crippen LogP) is 0.186. The van der Waals surface area contributed by atoms with Crippen molar-refractivity contribution in [2.45, 2.75) is 31.7 Å². The molecule has 0 aliphatic heterocycles. The fraction of sp³-hybridized carbons (Fsp3) is 0.500. The molecule has 5 N–H and O–H groups in total.